The summed E-state index contributed by atoms with van der Waals surface area (Å²) in [5, 5.41) is 6.68. The van der Waals surface area contributed by atoms with Gasteiger partial charge in [-0.25, -0.2) is 4.98 Å². The summed E-state index contributed by atoms with van der Waals surface area (Å²) in [4.78, 5) is 75.0. The van der Waals surface area contributed by atoms with Crippen molar-refractivity contribution in [1.29, 1.82) is 0 Å². The topological polar surface area (TPSA) is 142 Å². The Morgan fingerprint density at radius 2 is 1.23 bits per heavy atom. The second-order valence-electron chi connectivity index (χ2n) is 21.2. The Hall–Kier alpha value is -6.95. The molecule has 2 aromatic carbocycles. The van der Waals surface area contributed by atoms with Crippen LogP contribution in [0.4, 0.5) is 11.4 Å². The number of nitrogens with one attached hydrogen (secondary N) is 2. The van der Waals surface area contributed by atoms with Crippen LogP contribution in [0.2, 0.25) is 0 Å². The first-order valence-corrected chi connectivity index (χ1v) is 25.5. The van der Waals surface area contributed by atoms with Crippen LogP contribution >= 0.6 is 0 Å². The summed E-state index contributed by atoms with van der Waals surface area (Å²) in [5.41, 5.74) is 6.05. The smallest absolute Gasteiger partial charge is 0.278 e. The molecule has 4 amide bonds. The zero-order valence-corrected chi connectivity index (χ0v) is 42.5. The molecule has 0 bridgehead atoms. The summed E-state index contributed by atoms with van der Waals surface area (Å²) in [5.74, 6) is -0.671. The van der Waals surface area contributed by atoms with E-state index in [9.17, 15) is 14.4 Å². The Kier molecular flexibility index (Phi) is 15.6. The van der Waals surface area contributed by atoms with E-state index in [2.05, 4.69) is 67.4 Å². The van der Waals surface area contributed by atoms with Gasteiger partial charge in [0, 0.05) is 65.6 Å². The number of rotatable bonds is 15. The lowest BCUT2D eigenvalue weighted by atomic mass is 9.72. The maximum absolute atomic E-state index is 15.1. The molecule has 2 aliphatic rings. The van der Waals surface area contributed by atoms with Crippen LogP contribution < -0.4 is 20.4 Å². The predicted octanol–water partition coefficient (Wildman–Crippen LogP) is 11.3. The molecule has 0 saturated heterocycles. The second kappa shape index (κ2) is 22.0. The minimum Gasteiger partial charge on any atom is -0.351 e. The van der Waals surface area contributed by atoms with E-state index in [1.807, 2.05) is 79.9 Å². The van der Waals surface area contributed by atoms with Crippen molar-refractivity contribution < 1.29 is 19.2 Å². The van der Waals surface area contributed by atoms with Crippen LogP contribution in [-0.4, -0.2) is 55.1 Å². The number of benzene rings is 2. The Balaban J connectivity index is 0.990. The first-order valence-electron chi connectivity index (χ1n) is 25.5. The number of hydrogen-bond acceptors (Lipinski definition) is 7. The molecule has 2 atom stereocenters. The third-order valence-electron chi connectivity index (χ3n) is 14.6. The summed E-state index contributed by atoms with van der Waals surface area (Å²) in [6.07, 6.45) is 21.3. The Morgan fingerprint density at radius 3 is 1.77 bits per heavy atom. The molecular weight excluding hydrogens is 885 g/mol. The van der Waals surface area contributed by atoms with Gasteiger partial charge in [0.05, 0.1) is 5.69 Å². The minimum atomic E-state index is -1.01. The van der Waals surface area contributed by atoms with Crippen LogP contribution in [-0.2, 0) is 25.2 Å². The molecule has 71 heavy (non-hydrogen) atoms. The molecular formula is C59H70N8O4. The zero-order valence-electron chi connectivity index (χ0n) is 42.5. The van der Waals surface area contributed by atoms with Crippen molar-refractivity contribution in [2.45, 2.75) is 148 Å². The summed E-state index contributed by atoms with van der Waals surface area (Å²) < 4.78 is 1.79. The lowest BCUT2D eigenvalue weighted by Crippen LogP contribution is -2.48. The van der Waals surface area contributed by atoms with Crippen LogP contribution in [0, 0.1) is 12.8 Å². The molecule has 2 saturated carbocycles. The lowest BCUT2D eigenvalue weighted by molar-refractivity contribution is -0.126. The van der Waals surface area contributed by atoms with E-state index in [-0.39, 0.29) is 46.5 Å². The molecule has 12 heteroatoms. The summed E-state index contributed by atoms with van der Waals surface area (Å²) in [7, 11) is 0. The molecule has 2 fully saturated rings. The number of carbonyl (C=O) groups is 4. The number of aromatic nitrogens is 4. The van der Waals surface area contributed by atoms with Crippen molar-refractivity contribution in [3.63, 3.8) is 0 Å². The van der Waals surface area contributed by atoms with Gasteiger partial charge in [-0.1, -0.05) is 102 Å². The van der Waals surface area contributed by atoms with E-state index in [1.165, 1.54) is 12.5 Å². The number of anilines is 2. The van der Waals surface area contributed by atoms with Gasteiger partial charge in [-0.15, -0.1) is 0 Å². The highest BCUT2D eigenvalue weighted by Gasteiger charge is 2.39. The van der Waals surface area contributed by atoms with Gasteiger partial charge in [0.15, 0.2) is 0 Å². The molecule has 2 unspecified atom stereocenters. The SMILES string of the molecule is C/C=C/C(=O)N(c1ccc(C(C)(C)CC2CCC(NC(=O)C(c3cccnc3)N(C(=O)c3c(C)nc4ccccn34)c3ccc(C(C)(C)C)cc3)CC2)cc1)C(C(=O)NC1CCCCC1)c1cccnc1. The van der Waals surface area contributed by atoms with Crippen LogP contribution in [0.15, 0.2) is 134 Å². The Labute approximate surface area is 419 Å². The fourth-order valence-electron chi connectivity index (χ4n) is 10.8. The maximum atomic E-state index is 15.1. The summed E-state index contributed by atoms with van der Waals surface area (Å²) >= 11 is 0. The largest absolute Gasteiger partial charge is 0.351 e. The maximum Gasteiger partial charge on any atom is 0.278 e. The van der Waals surface area contributed by atoms with Gasteiger partial charge < -0.3 is 10.6 Å². The standard InChI is InChI=1S/C59H70N8O4/c1-8-16-51(68)66(53(42-17-14-34-60-38-42)55(69)63-46-19-10-9-11-20-46)48-32-26-45(27-33-48)59(6,7)37-41-22-28-47(29-23-41)64-56(70)54(43-18-15-35-61-39-43)67(49-30-24-44(25-31-49)58(3,4)5)57(71)52-40(2)62-50-21-12-13-36-65(50)52/h8,12-18,21,24-27,30-36,38-39,41,46-47,53-54H,9-11,19-20,22-23,28-29,37H2,1-7H3,(H,63,69)(H,64,70)/b16-8+. The third-order valence-corrected chi connectivity index (χ3v) is 14.6. The van der Waals surface area contributed by atoms with Crippen LogP contribution in [0.3, 0.4) is 0 Å². The quantitative estimate of drug-likeness (QED) is 0.0976. The number of aryl methyl sites for hydroxylation is 1. The first kappa shape index (κ1) is 50.4. The lowest BCUT2D eigenvalue weighted by Gasteiger charge is -2.37. The number of hydrogen-bond donors (Lipinski definition) is 2. The molecule has 4 heterocycles. The van der Waals surface area contributed by atoms with Gasteiger partial charge in [0.25, 0.3) is 11.8 Å². The van der Waals surface area contributed by atoms with Gasteiger partial charge in [-0.3, -0.25) is 43.3 Å². The van der Waals surface area contributed by atoms with Crippen LogP contribution in [0.25, 0.3) is 5.65 Å². The van der Waals surface area contributed by atoms with Gasteiger partial charge >= 0.3 is 0 Å². The molecule has 6 aromatic rings. The Bertz CT molecular complexity index is 2800. The number of pyridine rings is 3. The second-order valence-corrected chi connectivity index (χ2v) is 21.2. The summed E-state index contributed by atoms with van der Waals surface area (Å²) in [6, 6.07) is 27.1. The van der Waals surface area contributed by atoms with E-state index >= 15 is 4.79 Å². The van der Waals surface area contributed by atoms with Crippen molar-refractivity contribution in [2.75, 3.05) is 9.80 Å². The van der Waals surface area contributed by atoms with Crippen molar-refractivity contribution in [3.05, 3.63) is 168 Å². The molecule has 0 radical (unpaired) electrons. The highest BCUT2D eigenvalue weighted by Crippen LogP contribution is 2.40. The Morgan fingerprint density at radius 1 is 0.676 bits per heavy atom. The number of fused-ring (bicyclic) bond motifs is 1. The van der Waals surface area contributed by atoms with E-state index in [4.69, 9.17) is 4.98 Å². The monoisotopic (exact) mass is 955 g/mol. The normalized spacial score (nSPS) is 17.6. The molecule has 2 aliphatic carbocycles. The number of imidazole rings is 1. The highest BCUT2D eigenvalue weighted by atomic mass is 16.2. The van der Waals surface area contributed by atoms with Crippen molar-refractivity contribution in [1.82, 2.24) is 30.0 Å². The minimum absolute atomic E-state index is 0.0783. The number of amides is 4. The molecule has 0 aliphatic heterocycles. The molecule has 8 rings (SSSR count). The number of nitrogens with zero attached hydrogens (tertiary/aromatic N) is 6. The fraction of sp³-hybridized carbons (Fsp3) is 0.407. The van der Waals surface area contributed by atoms with Crippen LogP contribution in [0.5, 0.6) is 0 Å². The van der Waals surface area contributed by atoms with Crippen molar-refractivity contribution >= 4 is 40.7 Å². The van der Waals surface area contributed by atoms with Crippen molar-refractivity contribution in [3.8, 4) is 0 Å². The van der Waals surface area contributed by atoms with E-state index in [1.54, 1.807) is 64.1 Å². The highest BCUT2D eigenvalue weighted by molar-refractivity contribution is 6.10. The number of allylic oxidation sites excluding steroid dienone is 1. The molecule has 370 valence electrons. The number of carbonyl (C=O) groups excluding carboxylic acids is 4. The first-order chi connectivity index (χ1) is 34.1. The van der Waals surface area contributed by atoms with Gasteiger partial charge in [0.2, 0.25) is 11.8 Å². The molecule has 2 N–H and O–H groups in total. The van der Waals surface area contributed by atoms with Gasteiger partial charge in [0.1, 0.15) is 23.4 Å². The zero-order chi connectivity index (χ0) is 50.3. The predicted molar refractivity (Wildman–Crippen MR) is 281 cm³/mol. The van der Waals surface area contributed by atoms with Gasteiger partial charge in [-0.2, -0.15) is 0 Å². The van der Waals surface area contributed by atoms with E-state index in [0.29, 0.717) is 45.5 Å². The average Bonchev–Trinajstić information content (AvgIpc) is 3.71. The summed E-state index contributed by atoms with van der Waals surface area (Å²) in [6.45, 7) is 14.6. The average molecular weight is 955 g/mol. The van der Waals surface area contributed by atoms with Gasteiger partial charge in [-0.05, 0) is 141 Å². The van der Waals surface area contributed by atoms with Crippen molar-refractivity contribution in [2.24, 2.45) is 5.92 Å². The fourth-order valence-corrected chi connectivity index (χ4v) is 10.8. The van der Waals surface area contributed by atoms with E-state index < -0.39 is 12.1 Å². The molecule has 4 aromatic heterocycles. The van der Waals surface area contributed by atoms with E-state index in [0.717, 1.165) is 68.9 Å². The third kappa shape index (κ3) is 11.6. The van der Waals surface area contributed by atoms with Crippen LogP contribution in [0.1, 0.15) is 156 Å². The molecule has 12 nitrogen and oxygen atoms in total. The molecule has 0 spiro atoms.